The molecule has 0 aromatic carbocycles. The van der Waals surface area contributed by atoms with Crippen molar-refractivity contribution in [3.63, 3.8) is 0 Å². The summed E-state index contributed by atoms with van der Waals surface area (Å²) in [6.07, 6.45) is 10.5. The molecule has 2 amide bonds. The van der Waals surface area contributed by atoms with E-state index in [2.05, 4.69) is 36.9 Å². The molecule has 0 saturated carbocycles. The second-order valence-electron chi connectivity index (χ2n) is 5.81. The van der Waals surface area contributed by atoms with Crippen molar-refractivity contribution in [2.24, 2.45) is 0 Å². The van der Waals surface area contributed by atoms with Crippen molar-refractivity contribution in [3.05, 3.63) is 84.8 Å². The van der Waals surface area contributed by atoms with Gasteiger partial charge in [0.15, 0.2) is 6.61 Å². The number of amides is 2. The quantitative estimate of drug-likeness (QED) is 0.352. The summed E-state index contributed by atoms with van der Waals surface area (Å²) in [6.45, 7) is 18.2. The summed E-state index contributed by atoms with van der Waals surface area (Å²) in [7, 11) is 0. The van der Waals surface area contributed by atoms with E-state index < -0.39 is 0 Å². The van der Waals surface area contributed by atoms with Crippen LogP contribution in [0.15, 0.2) is 84.8 Å². The Morgan fingerprint density at radius 2 is 1.82 bits per heavy atom. The van der Waals surface area contributed by atoms with Crippen LogP contribution in [0.2, 0.25) is 0 Å². The first-order valence-electron chi connectivity index (χ1n) is 8.77. The molecule has 1 unspecified atom stereocenters. The van der Waals surface area contributed by atoms with Crippen LogP contribution in [-0.2, 0) is 14.3 Å². The van der Waals surface area contributed by atoms with Crippen LogP contribution in [0.3, 0.4) is 0 Å². The van der Waals surface area contributed by atoms with Crippen LogP contribution >= 0.6 is 11.6 Å². The largest absolute Gasteiger partial charge is 0.484 e. The number of ether oxygens (including phenoxy) is 1. The minimum atomic E-state index is -0.381. The van der Waals surface area contributed by atoms with E-state index in [9.17, 15) is 9.59 Å². The van der Waals surface area contributed by atoms with Crippen LogP contribution < -0.4 is 10.6 Å². The maximum atomic E-state index is 12.0. The minimum absolute atomic E-state index is 0.157. The molecule has 0 aliphatic rings. The van der Waals surface area contributed by atoms with Crippen LogP contribution in [0.5, 0.6) is 0 Å². The lowest BCUT2D eigenvalue weighted by molar-refractivity contribution is -0.124. The fraction of sp³-hybridized carbons (Fsp3) is 0.273. The van der Waals surface area contributed by atoms with Gasteiger partial charge in [0.25, 0.3) is 5.91 Å². The predicted octanol–water partition coefficient (Wildman–Crippen LogP) is 4.43. The molecule has 2 N–H and O–H groups in total. The molecule has 152 valence electrons. The number of nitrogens with one attached hydrogen (secondary N) is 2. The van der Waals surface area contributed by atoms with Crippen LogP contribution in [0.4, 0.5) is 0 Å². The van der Waals surface area contributed by atoms with E-state index in [4.69, 9.17) is 16.3 Å². The lowest BCUT2D eigenvalue weighted by Gasteiger charge is -2.15. The third-order valence-electron chi connectivity index (χ3n) is 3.49. The van der Waals surface area contributed by atoms with E-state index in [0.717, 1.165) is 5.57 Å². The molecule has 0 bridgehead atoms. The van der Waals surface area contributed by atoms with E-state index in [1.54, 1.807) is 43.4 Å². The van der Waals surface area contributed by atoms with Crippen LogP contribution in [-0.4, -0.2) is 24.5 Å². The second-order valence-corrected chi connectivity index (χ2v) is 6.25. The fourth-order valence-electron chi connectivity index (χ4n) is 1.96. The molecule has 5 nitrogen and oxygen atoms in total. The fourth-order valence-corrected chi connectivity index (χ4v) is 2.02. The maximum Gasteiger partial charge on any atom is 0.262 e. The molecule has 0 heterocycles. The van der Waals surface area contributed by atoms with Gasteiger partial charge in [0, 0.05) is 17.2 Å². The number of carbonyl (C=O) groups excluding carboxylic acids is 2. The zero-order valence-electron chi connectivity index (χ0n) is 16.6. The predicted molar refractivity (Wildman–Crippen MR) is 116 cm³/mol. The van der Waals surface area contributed by atoms with E-state index in [0.29, 0.717) is 22.9 Å². The maximum absolute atomic E-state index is 12.0. The first-order chi connectivity index (χ1) is 13.2. The van der Waals surface area contributed by atoms with Crippen molar-refractivity contribution in [2.75, 3.05) is 6.61 Å². The molecule has 0 fully saturated rings. The highest BCUT2D eigenvalue weighted by atomic mass is 35.5. The SMILES string of the molecule is C=C/C=C(\C=C)C(C)NC(=O)CCC(=C)NC(=O)COC(=C)/C=C\C(Cl)=C\C. The number of rotatable bonds is 13. The van der Waals surface area contributed by atoms with E-state index in [1.807, 2.05) is 6.92 Å². The van der Waals surface area contributed by atoms with Crippen molar-refractivity contribution in [1.29, 1.82) is 0 Å². The molecule has 0 rings (SSSR count). The van der Waals surface area contributed by atoms with Crippen molar-refractivity contribution in [1.82, 2.24) is 10.6 Å². The van der Waals surface area contributed by atoms with Gasteiger partial charge >= 0.3 is 0 Å². The Balaban J connectivity index is 4.25. The van der Waals surface area contributed by atoms with Gasteiger partial charge < -0.3 is 15.4 Å². The van der Waals surface area contributed by atoms with E-state index in [1.165, 1.54) is 0 Å². The zero-order chi connectivity index (χ0) is 21.5. The zero-order valence-corrected chi connectivity index (χ0v) is 17.3. The van der Waals surface area contributed by atoms with Crippen LogP contribution in [0, 0.1) is 0 Å². The average molecular weight is 405 g/mol. The Morgan fingerprint density at radius 1 is 1.14 bits per heavy atom. The number of halogens is 1. The summed E-state index contributed by atoms with van der Waals surface area (Å²) in [5, 5.41) is 5.98. The van der Waals surface area contributed by atoms with Crippen molar-refractivity contribution in [3.8, 4) is 0 Å². The minimum Gasteiger partial charge on any atom is -0.484 e. The number of hydrogen-bond acceptors (Lipinski definition) is 3. The second kappa shape index (κ2) is 14.3. The molecular formula is C22H29ClN2O3. The molecule has 28 heavy (non-hydrogen) atoms. The molecule has 0 aromatic heterocycles. The van der Waals surface area contributed by atoms with Gasteiger partial charge in [-0.05, 0) is 38.0 Å². The van der Waals surface area contributed by atoms with Crippen LogP contribution in [0.1, 0.15) is 26.7 Å². The summed E-state index contributed by atoms with van der Waals surface area (Å²) >= 11 is 5.82. The number of allylic oxidation sites excluding steroid dienone is 7. The highest BCUT2D eigenvalue weighted by Crippen LogP contribution is 2.07. The Hall–Kier alpha value is -2.79. The lowest BCUT2D eigenvalue weighted by atomic mass is 10.1. The molecule has 0 radical (unpaired) electrons. The van der Waals surface area contributed by atoms with E-state index in [-0.39, 0.29) is 30.9 Å². The van der Waals surface area contributed by atoms with E-state index >= 15 is 0 Å². The molecule has 0 spiro atoms. The highest BCUT2D eigenvalue weighted by Gasteiger charge is 2.11. The van der Waals surface area contributed by atoms with Gasteiger partial charge in [0.05, 0.1) is 6.04 Å². The summed E-state index contributed by atoms with van der Waals surface area (Å²) in [5.41, 5.74) is 1.29. The molecule has 1 atom stereocenters. The van der Waals surface area contributed by atoms with Gasteiger partial charge in [0.1, 0.15) is 5.76 Å². The average Bonchev–Trinajstić information content (AvgIpc) is 2.66. The lowest BCUT2D eigenvalue weighted by Crippen LogP contribution is -2.34. The Kier molecular flexibility index (Phi) is 12.9. The molecule has 6 heteroatoms. The van der Waals surface area contributed by atoms with Crippen molar-refractivity contribution < 1.29 is 14.3 Å². The summed E-state index contributed by atoms with van der Waals surface area (Å²) in [6, 6.07) is -0.186. The van der Waals surface area contributed by atoms with Gasteiger partial charge in [-0.3, -0.25) is 9.59 Å². The normalized spacial score (nSPS) is 12.8. The van der Waals surface area contributed by atoms with Crippen molar-refractivity contribution in [2.45, 2.75) is 32.7 Å². The van der Waals surface area contributed by atoms with Gasteiger partial charge in [0.2, 0.25) is 5.91 Å². The Labute approximate surface area is 172 Å². The molecular weight excluding hydrogens is 376 g/mol. The third kappa shape index (κ3) is 11.8. The highest BCUT2D eigenvalue weighted by molar-refractivity contribution is 6.31. The standard InChI is InChI=1S/C22H29ClN2O3/c1-7-10-19(8-2)18(6)25-21(26)14-11-16(4)24-22(27)15-28-17(5)12-13-20(23)9-3/h7-10,12-13,18H,1-2,4-5,11,14-15H2,3,6H3,(H,24,27)(H,25,26)/b13-12-,19-10+,20-9-. The molecule has 0 aliphatic carbocycles. The molecule has 0 aromatic rings. The summed E-state index contributed by atoms with van der Waals surface area (Å²) < 4.78 is 5.22. The Morgan fingerprint density at radius 3 is 2.39 bits per heavy atom. The topological polar surface area (TPSA) is 67.4 Å². The smallest absolute Gasteiger partial charge is 0.262 e. The first kappa shape index (κ1) is 25.2. The number of hydrogen-bond donors (Lipinski definition) is 2. The van der Waals surface area contributed by atoms with Crippen molar-refractivity contribution >= 4 is 23.4 Å². The summed E-state index contributed by atoms with van der Waals surface area (Å²) in [4.78, 5) is 23.9. The first-order valence-corrected chi connectivity index (χ1v) is 9.14. The van der Waals surface area contributed by atoms with Gasteiger partial charge in [-0.1, -0.05) is 62.2 Å². The van der Waals surface area contributed by atoms with Gasteiger partial charge in [-0.2, -0.15) is 0 Å². The monoisotopic (exact) mass is 404 g/mol. The van der Waals surface area contributed by atoms with Gasteiger partial charge in [-0.25, -0.2) is 0 Å². The molecule has 0 aliphatic heterocycles. The Bertz CT molecular complexity index is 703. The molecule has 0 saturated heterocycles. The third-order valence-corrected chi connectivity index (χ3v) is 3.83. The number of carbonyl (C=O) groups is 2. The summed E-state index contributed by atoms with van der Waals surface area (Å²) in [5.74, 6) is -0.233. The van der Waals surface area contributed by atoms with Crippen LogP contribution in [0.25, 0.3) is 0 Å². The van der Waals surface area contributed by atoms with Gasteiger partial charge in [-0.15, -0.1) is 0 Å².